The Morgan fingerprint density at radius 2 is 2.00 bits per heavy atom. The van der Waals surface area contributed by atoms with Crippen LogP contribution in [0.4, 0.5) is 4.79 Å². The van der Waals surface area contributed by atoms with E-state index >= 15 is 0 Å². The average Bonchev–Trinajstić information content (AvgIpc) is 2.86. The molecule has 2 aromatic rings. The molecule has 2 rings (SSSR count). The lowest BCUT2D eigenvalue weighted by Crippen LogP contribution is -2.35. The van der Waals surface area contributed by atoms with Crippen molar-refractivity contribution in [3.63, 3.8) is 0 Å². The van der Waals surface area contributed by atoms with Crippen molar-refractivity contribution in [1.82, 2.24) is 20.4 Å². The largest absolute Gasteiger partial charge is 0.338 e. The Bertz CT molecular complexity index is 577. The van der Waals surface area contributed by atoms with Gasteiger partial charge in [0.15, 0.2) is 0 Å². The molecule has 0 fully saturated rings. The molecule has 0 saturated heterocycles. The number of nitrogens with zero attached hydrogens (tertiary/aromatic N) is 2. The molecular formula is C16H22N4O. The molecule has 112 valence electrons. The highest BCUT2D eigenvalue weighted by molar-refractivity contribution is 5.73. The van der Waals surface area contributed by atoms with E-state index in [9.17, 15) is 4.79 Å². The van der Waals surface area contributed by atoms with Crippen LogP contribution in [-0.2, 0) is 6.42 Å². The van der Waals surface area contributed by atoms with Gasteiger partial charge in [0, 0.05) is 19.3 Å². The number of benzene rings is 1. The molecule has 5 nitrogen and oxygen atoms in total. The number of para-hydroxylation sites is 1. The Kier molecular flexibility index (Phi) is 5.37. The second kappa shape index (κ2) is 7.47. The maximum absolute atomic E-state index is 11.3. The van der Waals surface area contributed by atoms with Gasteiger partial charge in [-0.3, -0.25) is 0 Å². The van der Waals surface area contributed by atoms with Gasteiger partial charge in [-0.1, -0.05) is 18.2 Å². The summed E-state index contributed by atoms with van der Waals surface area (Å²) in [5.41, 5.74) is 3.32. The molecule has 0 aliphatic rings. The third kappa shape index (κ3) is 4.34. The van der Waals surface area contributed by atoms with Crippen molar-refractivity contribution in [2.75, 3.05) is 13.1 Å². The van der Waals surface area contributed by atoms with E-state index in [1.165, 1.54) is 5.56 Å². The summed E-state index contributed by atoms with van der Waals surface area (Å²) in [4.78, 5) is 11.3. The fourth-order valence-corrected chi connectivity index (χ4v) is 2.16. The Balaban J connectivity index is 1.87. The lowest BCUT2D eigenvalue weighted by molar-refractivity contribution is 0.241. The first-order valence-electron chi connectivity index (χ1n) is 7.33. The number of urea groups is 1. The molecule has 2 amide bonds. The molecule has 0 atom stereocenters. The third-order valence-corrected chi connectivity index (χ3v) is 3.27. The predicted molar refractivity (Wildman–Crippen MR) is 83.7 cm³/mol. The van der Waals surface area contributed by atoms with Crippen LogP contribution in [-0.4, -0.2) is 28.9 Å². The van der Waals surface area contributed by atoms with Crippen molar-refractivity contribution in [2.45, 2.75) is 26.7 Å². The van der Waals surface area contributed by atoms with Crippen LogP contribution in [0.1, 0.15) is 24.6 Å². The molecule has 0 saturated carbocycles. The summed E-state index contributed by atoms with van der Waals surface area (Å²) in [5, 5.41) is 10.1. The number of aromatic nitrogens is 2. The van der Waals surface area contributed by atoms with Crippen LogP contribution in [0.5, 0.6) is 0 Å². The highest BCUT2D eigenvalue weighted by Crippen LogP contribution is 2.13. The van der Waals surface area contributed by atoms with Crippen LogP contribution in [0.15, 0.2) is 36.5 Å². The van der Waals surface area contributed by atoms with Gasteiger partial charge in [-0.25, -0.2) is 9.48 Å². The van der Waals surface area contributed by atoms with Crippen molar-refractivity contribution < 1.29 is 4.79 Å². The molecule has 1 heterocycles. The maximum atomic E-state index is 11.3. The van der Waals surface area contributed by atoms with Gasteiger partial charge in [-0.05, 0) is 44.4 Å². The van der Waals surface area contributed by atoms with Gasteiger partial charge >= 0.3 is 6.03 Å². The number of carbonyl (C=O) groups is 1. The number of hydrogen-bond donors (Lipinski definition) is 2. The first kappa shape index (κ1) is 15.1. The first-order chi connectivity index (χ1) is 10.2. The molecule has 0 spiro atoms. The van der Waals surface area contributed by atoms with Crippen molar-refractivity contribution in [2.24, 2.45) is 0 Å². The molecular weight excluding hydrogens is 264 g/mol. The second-order valence-corrected chi connectivity index (χ2v) is 4.91. The molecule has 21 heavy (non-hydrogen) atoms. The number of carbonyl (C=O) groups excluding carboxylic acids is 1. The van der Waals surface area contributed by atoms with E-state index in [1.807, 2.05) is 48.9 Å². The Morgan fingerprint density at radius 1 is 1.24 bits per heavy atom. The van der Waals surface area contributed by atoms with Gasteiger partial charge in [-0.2, -0.15) is 5.10 Å². The van der Waals surface area contributed by atoms with Gasteiger partial charge < -0.3 is 10.6 Å². The minimum atomic E-state index is -0.103. The summed E-state index contributed by atoms with van der Waals surface area (Å²) in [7, 11) is 0. The number of hydrogen-bond acceptors (Lipinski definition) is 2. The van der Waals surface area contributed by atoms with Gasteiger partial charge in [-0.15, -0.1) is 0 Å². The van der Waals surface area contributed by atoms with Crippen molar-refractivity contribution in [3.05, 3.63) is 47.8 Å². The number of aryl methyl sites for hydroxylation is 2. The average molecular weight is 286 g/mol. The number of amides is 2. The van der Waals surface area contributed by atoms with Crippen LogP contribution >= 0.6 is 0 Å². The summed E-state index contributed by atoms with van der Waals surface area (Å²) >= 11 is 0. The van der Waals surface area contributed by atoms with Gasteiger partial charge in [0.05, 0.1) is 11.4 Å². The van der Waals surface area contributed by atoms with Crippen LogP contribution in [0.3, 0.4) is 0 Å². The van der Waals surface area contributed by atoms with Crippen molar-refractivity contribution in [3.8, 4) is 5.69 Å². The summed E-state index contributed by atoms with van der Waals surface area (Å²) in [6, 6.07) is 9.96. The molecule has 0 aliphatic heterocycles. The normalized spacial score (nSPS) is 10.4. The standard InChI is InChI=1S/C16H22N4O/c1-3-17-16(21)18-11-7-8-14-12-20(19-13(14)2)15-9-5-4-6-10-15/h4-6,9-10,12H,3,7-8,11H2,1-2H3,(H2,17,18,21). The predicted octanol–water partition coefficient (Wildman–Crippen LogP) is 2.43. The van der Waals surface area contributed by atoms with Gasteiger partial charge in [0.2, 0.25) is 0 Å². The molecule has 0 aliphatic carbocycles. The Hall–Kier alpha value is -2.30. The fourth-order valence-electron chi connectivity index (χ4n) is 2.16. The molecule has 0 bridgehead atoms. The van der Waals surface area contributed by atoms with E-state index in [4.69, 9.17) is 0 Å². The highest BCUT2D eigenvalue weighted by Gasteiger charge is 2.06. The smallest absolute Gasteiger partial charge is 0.314 e. The molecule has 1 aromatic heterocycles. The van der Waals surface area contributed by atoms with E-state index < -0.39 is 0 Å². The third-order valence-electron chi connectivity index (χ3n) is 3.27. The minimum absolute atomic E-state index is 0.103. The monoisotopic (exact) mass is 286 g/mol. The Labute approximate surface area is 125 Å². The fraction of sp³-hybridized carbons (Fsp3) is 0.375. The Morgan fingerprint density at radius 3 is 2.71 bits per heavy atom. The van der Waals surface area contributed by atoms with E-state index in [0.29, 0.717) is 13.1 Å². The van der Waals surface area contributed by atoms with E-state index in [0.717, 1.165) is 24.2 Å². The van der Waals surface area contributed by atoms with E-state index in [-0.39, 0.29) is 6.03 Å². The first-order valence-corrected chi connectivity index (χ1v) is 7.33. The molecule has 2 N–H and O–H groups in total. The number of nitrogens with one attached hydrogen (secondary N) is 2. The molecule has 0 radical (unpaired) electrons. The molecule has 0 unspecified atom stereocenters. The summed E-state index contributed by atoms with van der Waals surface area (Å²) < 4.78 is 1.90. The summed E-state index contributed by atoms with van der Waals surface area (Å²) in [6.07, 6.45) is 3.88. The zero-order chi connectivity index (χ0) is 15.1. The SMILES string of the molecule is CCNC(=O)NCCCc1cn(-c2ccccc2)nc1C. The van der Waals surface area contributed by atoms with Crippen LogP contribution in [0.25, 0.3) is 5.69 Å². The highest BCUT2D eigenvalue weighted by atomic mass is 16.2. The lowest BCUT2D eigenvalue weighted by Gasteiger charge is -2.05. The van der Waals surface area contributed by atoms with Crippen LogP contribution in [0, 0.1) is 6.92 Å². The molecule has 5 heteroatoms. The summed E-state index contributed by atoms with van der Waals surface area (Å²) in [5.74, 6) is 0. The number of rotatable bonds is 6. The van der Waals surface area contributed by atoms with Crippen LogP contribution < -0.4 is 10.6 Å². The van der Waals surface area contributed by atoms with Crippen molar-refractivity contribution in [1.29, 1.82) is 0 Å². The lowest BCUT2D eigenvalue weighted by atomic mass is 10.1. The van der Waals surface area contributed by atoms with Crippen molar-refractivity contribution >= 4 is 6.03 Å². The molecule has 1 aromatic carbocycles. The van der Waals surface area contributed by atoms with E-state index in [1.54, 1.807) is 0 Å². The topological polar surface area (TPSA) is 59.0 Å². The second-order valence-electron chi connectivity index (χ2n) is 4.91. The zero-order valence-electron chi connectivity index (χ0n) is 12.6. The van der Waals surface area contributed by atoms with Crippen LogP contribution in [0.2, 0.25) is 0 Å². The zero-order valence-corrected chi connectivity index (χ0v) is 12.6. The quantitative estimate of drug-likeness (QED) is 0.801. The minimum Gasteiger partial charge on any atom is -0.338 e. The van der Waals surface area contributed by atoms with Gasteiger partial charge in [0.25, 0.3) is 0 Å². The maximum Gasteiger partial charge on any atom is 0.314 e. The van der Waals surface area contributed by atoms with E-state index in [2.05, 4.69) is 21.9 Å². The van der Waals surface area contributed by atoms with Gasteiger partial charge in [0.1, 0.15) is 0 Å². The summed E-state index contributed by atoms with van der Waals surface area (Å²) in [6.45, 7) is 5.24.